The van der Waals surface area contributed by atoms with Crippen molar-refractivity contribution in [3.63, 3.8) is 0 Å². The van der Waals surface area contributed by atoms with Crippen molar-refractivity contribution in [1.29, 1.82) is 0 Å². The summed E-state index contributed by atoms with van der Waals surface area (Å²) in [7, 11) is -2.58. The first-order valence-corrected chi connectivity index (χ1v) is 9.65. The van der Waals surface area contributed by atoms with Crippen molar-refractivity contribution in [1.82, 2.24) is 0 Å². The lowest BCUT2D eigenvalue weighted by Crippen LogP contribution is -2.39. The van der Waals surface area contributed by atoms with Gasteiger partial charge in [-0.25, -0.2) is 12.8 Å². The van der Waals surface area contributed by atoms with E-state index < -0.39 is 21.9 Å². The smallest absolute Gasteiger partial charge is 0.262 e. The lowest BCUT2D eigenvalue weighted by molar-refractivity contribution is -0.118. The van der Waals surface area contributed by atoms with Gasteiger partial charge in [0.05, 0.1) is 23.7 Å². The van der Waals surface area contributed by atoms with E-state index in [1.807, 2.05) is 13.8 Å². The second-order valence-corrected chi connectivity index (χ2v) is 7.92. The van der Waals surface area contributed by atoms with Crippen molar-refractivity contribution in [3.05, 3.63) is 48.3 Å². The van der Waals surface area contributed by atoms with Crippen molar-refractivity contribution < 1.29 is 22.3 Å². The summed E-state index contributed by atoms with van der Waals surface area (Å²) in [5, 5.41) is 2.64. The van der Waals surface area contributed by atoms with Crippen LogP contribution >= 0.6 is 0 Å². The molecule has 4 N–H and O–H groups in total. The molecule has 0 unspecified atom stereocenters. The first-order valence-electron chi connectivity index (χ1n) is 8.17. The molecule has 146 valence electrons. The molecule has 0 heterocycles. The van der Waals surface area contributed by atoms with E-state index in [1.54, 1.807) is 6.07 Å². The van der Waals surface area contributed by atoms with Gasteiger partial charge in [-0.3, -0.25) is 9.52 Å². The number of benzene rings is 2. The van der Waals surface area contributed by atoms with Gasteiger partial charge in [-0.05, 0) is 48.4 Å². The zero-order chi connectivity index (χ0) is 20.2. The molecule has 27 heavy (non-hydrogen) atoms. The van der Waals surface area contributed by atoms with E-state index in [0.29, 0.717) is 5.69 Å². The molecule has 0 aliphatic heterocycles. The topological polar surface area (TPSA) is 111 Å². The van der Waals surface area contributed by atoms with Crippen LogP contribution in [0.4, 0.5) is 15.8 Å². The molecule has 2 aromatic rings. The number of anilines is 2. The fourth-order valence-corrected chi connectivity index (χ4v) is 3.27. The zero-order valence-electron chi connectivity index (χ0n) is 15.2. The summed E-state index contributed by atoms with van der Waals surface area (Å²) in [6.45, 7) is 3.64. The van der Waals surface area contributed by atoms with Gasteiger partial charge < -0.3 is 15.8 Å². The Balaban J connectivity index is 2.30. The lowest BCUT2D eigenvalue weighted by Gasteiger charge is -2.17. The molecule has 7 nitrogen and oxygen atoms in total. The normalized spacial score (nSPS) is 12.5. The molecule has 0 saturated carbocycles. The van der Waals surface area contributed by atoms with Gasteiger partial charge in [0.2, 0.25) is 5.91 Å². The van der Waals surface area contributed by atoms with Crippen LogP contribution in [0.5, 0.6) is 5.75 Å². The standard InChI is InChI=1S/C18H22FN3O4S/c1-11(2)17(20)18(23)21-13-6-9-16(26-3)15(10-13)22-27(24,25)14-7-4-12(19)5-8-14/h4-11,17,22H,20H2,1-3H3,(H,21,23)/t17-/m0/s1. The molecular formula is C18H22FN3O4S. The number of methoxy groups -OCH3 is 1. The van der Waals surface area contributed by atoms with Gasteiger partial charge in [-0.15, -0.1) is 0 Å². The van der Waals surface area contributed by atoms with E-state index in [0.717, 1.165) is 24.3 Å². The number of hydrogen-bond donors (Lipinski definition) is 3. The highest BCUT2D eigenvalue weighted by molar-refractivity contribution is 7.92. The highest BCUT2D eigenvalue weighted by Crippen LogP contribution is 2.30. The molecule has 0 radical (unpaired) electrons. The molecule has 1 atom stereocenters. The largest absolute Gasteiger partial charge is 0.495 e. The molecule has 1 amide bonds. The van der Waals surface area contributed by atoms with Crippen molar-refractivity contribution in [3.8, 4) is 5.75 Å². The maximum atomic E-state index is 13.0. The van der Waals surface area contributed by atoms with Crippen molar-refractivity contribution in [2.75, 3.05) is 17.1 Å². The minimum absolute atomic E-state index is 0.0558. The Kier molecular flexibility index (Phi) is 6.40. The van der Waals surface area contributed by atoms with Crippen LogP contribution in [-0.2, 0) is 14.8 Å². The third-order valence-electron chi connectivity index (χ3n) is 3.86. The summed E-state index contributed by atoms with van der Waals surface area (Å²) in [5.74, 6) is -0.730. The third kappa shape index (κ3) is 5.18. The molecule has 0 aliphatic rings. The van der Waals surface area contributed by atoms with E-state index in [2.05, 4.69) is 10.0 Å². The molecule has 0 aromatic heterocycles. The van der Waals surface area contributed by atoms with Crippen LogP contribution in [0.15, 0.2) is 47.4 Å². The van der Waals surface area contributed by atoms with Crippen LogP contribution in [0, 0.1) is 11.7 Å². The molecule has 0 spiro atoms. The summed E-state index contributed by atoms with van der Waals surface area (Å²) in [6, 6.07) is 8.20. The number of amides is 1. The summed E-state index contributed by atoms with van der Waals surface area (Å²) in [4.78, 5) is 12.0. The molecule has 0 fully saturated rings. The summed E-state index contributed by atoms with van der Waals surface area (Å²) < 4.78 is 45.6. The Morgan fingerprint density at radius 1 is 1.15 bits per heavy atom. The molecule has 0 saturated heterocycles. The van der Waals surface area contributed by atoms with Crippen LogP contribution in [0.2, 0.25) is 0 Å². The van der Waals surface area contributed by atoms with Crippen LogP contribution in [0.25, 0.3) is 0 Å². The quantitative estimate of drug-likeness (QED) is 0.667. The van der Waals surface area contributed by atoms with E-state index in [9.17, 15) is 17.6 Å². The van der Waals surface area contributed by atoms with Crippen LogP contribution in [0.1, 0.15) is 13.8 Å². The molecule has 0 aliphatic carbocycles. The number of ether oxygens (including phenoxy) is 1. The molecular weight excluding hydrogens is 373 g/mol. The fraction of sp³-hybridized carbons (Fsp3) is 0.278. The summed E-state index contributed by atoms with van der Waals surface area (Å²) in [5.41, 5.74) is 6.29. The summed E-state index contributed by atoms with van der Waals surface area (Å²) >= 11 is 0. The second-order valence-electron chi connectivity index (χ2n) is 6.23. The summed E-state index contributed by atoms with van der Waals surface area (Å²) in [6.07, 6.45) is 0. The Hall–Kier alpha value is -2.65. The van der Waals surface area contributed by atoms with Crippen LogP contribution < -0.4 is 20.5 Å². The van der Waals surface area contributed by atoms with Crippen molar-refractivity contribution in [2.45, 2.75) is 24.8 Å². The van der Waals surface area contributed by atoms with Crippen LogP contribution in [-0.4, -0.2) is 27.5 Å². The molecule has 2 rings (SSSR count). The SMILES string of the molecule is COc1ccc(NC(=O)[C@@H](N)C(C)C)cc1NS(=O)(=O)c1ccc(F)cc1. The third-order valence-corrected chi connectivity index (χ3v) is 5.24. The van der Waals surface area contributed by atoms with Gasteiger partial charge in [0.25, 0.3) is 10.0 Å². The van der Waals surface area contributed by atoms with E-state index >= 15 is 0 Å². The number of rotatable bonds is 7. The average Bonchev–Trinajstić information content (AvgIpc) is 2.61. The predicted octanol–water partition coefficient (Wildman–Crippen LogP) is 2.56. The number of sulfonamides is 1. The highest BCUT2D eigenvalue weighted by Gasteiger charge is 2.20. The maximum Gasteiger partial charge on any atom is 0.262 e. The Morgan fingerprint density at radius 2 is 1.78 bits per heavy atom. The minimum Gasteiger partial charge on any atom is -0.495 e. The van der Waals surface area contributed by atoms with Crippen molar-refractivity contribution in [2.24, 2.45) is 11.7 Å². The van der Waals surface area contributed by atoms with E-state index in [-0.39, 0.29) is 28.2 Å². The average molecular weight is 395 g/mol. The fourth-order valence-electron chi connectivity index (χ4n) is 2.21. The first kappa shape index (κ1) is 20.7. The van der Waals surface area contributed by atoms with Crippen LogP contribution in [0.3, 0.4) is 0 Å². The Bertz CT molecular complexity index is 915. The number of carbonyl (C=O) groups is 1. The molecule has 0 bridgehead atoms. The number of hydrogen-bond acceptors (Lipinski definition) is 5. The minimum atomic E-state index is -3.97. The number of nitrogens with two attached hydrogens (primary N) is 1. The number of halogens is 1. The van der Waals surface area contributed by atoms with Gasteiger partial charge in [0, 0.05) is 5.69 Å². The van der Waals surface area contributed by atoms with Gasteiger partial charge >= 0.3 is 0 Å². The molecule has 9 heteroatoms. The van der Waals surface area contributed by atoms with E-state index in [4.69, 9.17) is 10.5 Å². The lowest BCUT2D eigenvalue weighted by atomic mass is 10.0. The van der Waals surface area contributed by atoms with Gasteiger partial charge in [-0.2, -0.15) is 0 Å². The van der Waals surface area contributed by atoms with Crippen molar-refractivity contribution >= 4 is 27.3 Å². The number of nitrogens with one attached hydrogen (secondary N) is 2. The number of carbonyl (C=O) groups excluding carboxylic acids is 1. The second kappa shape index (κ2) is 8.36. The molecule has 2 aromatic carbocycles. The maximum absolute atomic E-state index is 13.0. The van der Waals surface area contributed by atoms with Gasteiger partial charge in [-0.1, -0.05) is 13.8 Å². The Labute approximate surface area is 157 Å². The highest BCUT2D eigenvalue weighted by atomic mass is 32.2. The predicted molar refractivity (Wildman–Crippen MR) is 102 cm³/mol. The van der Waals surface area contributed by atoms with E-state index in [1.165, 1.54) is 19.2 Å². The van der Waals surface area contributed by atoms with Gasteiger partial charge in [0.1, 0.15) is 11.6 Å². The first-order chi connectivity index (χ1) is 12.6. The Morgan fingerprint density at radius 3 is 2.33 bits per heavy atom. The monoisotopic (exact) mass is 395 g/mol. The van der Waals surface area contributed by atoms with Gasteiger partial charge in [0.15, 0.2) is 0 Å². The zero-order valence-corrected chi connectivity index (χ0v) is 16.0.